The van der Waals surface area contributed by atoms with Gasteiger partial charge in [-0.05, 0) is 102 Å². The van der Waals surface area contributed by atoms with Gasteiger partial charge in [-0.2, -0.15) is 0 Å². The van der Waals surface area contributed by atoms with Crippen LogP contribution in [-0.4, -0.2) is 0 Å². The molecule has 0 saturated heterocycles. The average Bonchev–Trinajstić information content (AvgIpc) is 3.70. The van der Waals surface area contributed by atoms with Gasteiger partial charge < -0.3 is 0 Å². The number of fused-ring (bicyclic) bond motifs is 7. The third kappa shape index (κ3) is 3.98. The molecule has 0 spiro atoms. The summed E-state index contributed by atoms with van der Waals surface area (Å²) < 4.78 is 4.03. The Kier molecular flexibility index (Phi) is 5.72. The molecule has 0 saturated carbocycles. The Morgan fingerprint density at radius 2 is 0.870 bits per heavy atom. The summed E-state index contributed by atoms with van der Waals surface area (Å²) >= 11 is 3.78. The average molecular weight is 619 g/mol. The van der Waals surface area contributed by atoms with E-state index in [0.717, 1.165) is 0 Å². The number of benzene rings is 8. The van der Waals surface area contributed by atoms with E-state index in [9.17, 15) is 0 Å². The fourth-order valence-corrected chi connectivity index (χ4v) is 9.58. The summed E-state index contributed by atoms with van der Waals surface area (Å²) in [6.07, 6.45) is 0. The molecule has 0 N–H and O–H groups in total. The summed E-state index contributed by atoms with van der Waals surface area (Å²) in [5.74, 6) is 0. The molecule has 0 nitrogen and oxygen atoms in total. The summed E-state index contributed by atoms with van der Waals surface area (Å²) in [4.78, 5) is 1.32. The van der Waals surface area contributed by atoms with Gasteiger partial charge in [-0.15, -0.1) is 22.7 Å². The molecule has 0 fully saturated rings. The normalized spacial score (nSPS) is 11.9. The highest BCUT2D eigenvalue weighted by Gasteiger charge is 2.18. The lowest BCUT2D eigenvalue weighted by atomic mass is 9.85. The maximum atomic E-state index is 2.44. The van der Waals surface area contributed by atoms with Crippen molar-refractivity contribution in [2.45, 2.75) is 0 Å². The number of hydrogen-bond acceptors (Lipinski definition) is 2. The molecular weight excluding hydrogens is 593 g/mol. The molecule has 0 amide bonds. The van der Waals surface area contributed by atoms with Crippen LogP contribution in [0.25, 0.3) is 95.3 Å². The molecule has 8 aromatic carbocycles. The predicted molar refractivity (Wildman–Crippen MR) is 204 cm³/mol. The van der Waals surface area contributed by atoms with E-state index >= 15 is 0 Å². The summed E-state index contributed by atoms with van der Waals surface area (Å²) in [6, 6.07) is 58.4. The Bertz CT molecular complexity index is 2740. The lowest BCUT2D eigenvalue weighted by Gasteiger charge is -2.18. The monoisotopic (exact) mass is 618 g/mol. The number of rotatable bonds is 3. The highest BCUT2D eigenvalue weighted by Crippen LogP contribution is 2.46. The maximum absolute atomic E-state index is 2.44. The van der Waals surface area contributed by atoms with Crippen LogP contribution in [-0.2, 0) is 0 Å². The quantitative estimate of drug-likeness (QED) is 0.173. The van der Waals surface area contributed by atoms with Gasteiger partial charge in [0, 0.05) is 29.7 Å². The Hall–Kier alpha value is -5.28. The van der Waals surface area contributed by atoms with Gasteiger partial charge in [0.05, 0.1) is 0 Å². The molecule has 0 aliphatic carbocycles. The first-order valence-electron chi connectivity index (χ1n) is 15.7. The molecule has 0 radical (unpaired) electrons. The molecule has 2 heterocycles. The van der Waals surface area contributed by atoms with Gasteiger partial charge in [0.2, 0.25) is 0 Å². The third-order valence-electron chi connectivity index (χ3n) is 9.42. The van der Waals surface area contributed by atoms with Crippen molar-refractivity contribution >= 4 is 85.2 Å². The smallest absolute Gasteiger partial charge is 0.0369 e. The zero-order valence-corrected chi connectivity index (χ0v) is 26.5. The van der Waals surface area contributed by atoms with Gasteiger partial charge in [-0.1, -0.05) is 121 Å². The standard InChI is InChI=1S/C44H26S2/c1-2-11-28(12-3-1)40-25-32-24-38-37-23-31(20-21-39(37)45-42(38)26-41(32)46-40)44-35-16-8-6-14-33(35)43(34-15-7-9-17-36(34)44)30-19-18-27-10-4-5-13-29(27)22-30/h1-26H. The van der Waals surface area contributed by atoms with E-state index in [4.69, 9.17) is 0 Å². The van der Waals surface area contributed by atoms with Crippen molar-refractivity contribution in [3.05, 3.63) is 158 Å². The van der Waals surface area contributed by atoms with Crippen LogP contribution in [0.15, 0.2) is 158 Å². The summed E-state index contributed by atoms with van der Waals surface area (Å²) in [6.45, 7) is 0. The minimum Gasteiger partial charge on any atom is -0.135 e. The van der Waals surface area contributed by atoms with Crippen molar-refractivity contribution in [1.82, 2.24) is 0 Å². The highest BCUT2D eigenvalue weighted by molar-refractivity contribution is 7.26. The minimum absolute atomic E-state index is 1.26. The molecule has 0 unspecified atom stereocenters. The van der Waals surface area contributed by atoms with Crippen LogP contribution in [0.4, 0.5) is 0 Å². The van der Waals surface area contributed by atoms with E-state index in [2.05, 4.69) is 158 Å². The minimum atomic E-state index is 1.26. The van der Waals surface area contributed by atoms with E-state index in [1.165, 1.54) is 95.3 Å². The summed E-state index contributed by atoms with van der Waals surface area (Å²) in [7, 11) is 0. The third-order valence-corrected chi connectivity index (χ3v) is 11.7. The van der Waals surface area contributed by atoms with E-state index < -0.39 is 0 Å². The second-order valence-corrected chi connectivity index (χ2v) is 14.2. The van der Waals surface area contributed by atoms with Crippen LogP contribution in [0.3, 0.4) is 0 Å². The maximum Gasteiger partial charge on any atom is 0.0369 e. The molecule has 2 heteroatoms. The van der Waals surface area contributed by atoms with E-state index in [1.807, 2.05) is 22.7 Å². The van der Waals surface area contributed by atoms with Crippen LogP contribution in [0.5, 0.6) is 0 Å². The first kappa shape index (κ1) is 26.0. The van der Waals surface area contributed by atoms with Gasteiger partial charge >= 0.3 is 0 Å². The molecule has 0 aliphatic rings. The molecule has 0 bridgehead atoms. The highest BCUT2D eigenvalue weighted by atomic mass is 32.1. The van der Waals surface area contributed by atoms with Crippen molar-refractivity contribution in [2.75, 3.05) is 0 Å². The van der Waals surface area contributed by atoms with Crippen molar-refractivity contribution in [3.63, 3.8) is 0 Å². The zero-order chi connectivity index (χ0) is 30.2. The number of thiophene rings is 2. The van der Waals surface area contributed by atoms with E-state index in [1.54, 1.807) is 0 Å². The summed E-state index contributed by atoms with van der Waals surface area (Å²) in [5, 5.41) is 11.7. The van der Waals surface area contributed by atoms with Gasteiger partial charge in [-0.3, -0.25) is 0 Å². The molecule has 10 rings (SSSR count). The first-order valence-corrected chi connectivity index (χ1v) is 17.3. The molecule has 214 valence electrons. The van der Waals surface area contributed by atoms with Crippen LogP contribution in [0, 0.1) is 0 Å². The molecule has 0 atom stereocenters. The van der Waals surface area contributed by atoms with Crippen LogP contribution < -0.4 is 0 Å². The lowest BCUT2D eigenvalue weighted by molar-refractivity contribution is 1.69. The van der Waals surface area contributed by atoms with E-state index in [0.29, 0.717) is 0 Å². The van der Waals surface area contributed by atoms with Crippen LogP contribution in [0.1, 0.15) is 0 Å². The Balaban J connectivity index is 1.21. The van der Waals surface area contributed by atoms with Crippen molar-refractivity contribution in [3.8, 4) is 32.7 Å². The van der Waals surface area contributed by atoms with Crippen LogP contribution in [0.2, 0.25) is 0 Å². The fraction of sp³-hybridized carbons (Fsp3) is 0. The predicted octanol–water partition coefficient (Wildman–Crippen LogP) is 13.7. The molecule has 0 aliphatic heterocycles. The second kappa shape index (κ2) is 10.1. The SMILES string of the molecule is c1ccc(-c2cc3cc4c(cc3s2)sc2ccc(-c3c5ccccc5c(-c5ccc6ccccc6c5)c5ccccc35)cc24)cc1. The van der Waals surface area contributed by atoms with E-state index in [-0.39, 0.29) is 0 Å². The zero-order valence-electron chi connectivity index (χ0n) is 24.8. The van der Waals surface area contributed by atoms with Crippen LogP contribution >= 0.6 is 22.7 Å². The van der Waals surface area contributed by atoms with Gasteiger partial charge in [0.15, 0.2) is 0 Å². The topological polar surface area (TPSA) is 0 Å². The Morgan fingerprint density at radius 3 is 1.59 bits per heavy atom. The van der Waals surface area contributed by atoms with Crippen molar-refractivity contribution in [2.24, 2.45) is 0 Å². The van der Waals surface area contributed by atoms with Crippen molar-refractivity contribution < 1.29 is 0 Å². The summed E-state index contributed by atoms with van der Waals surface area (Å²) in [5.41, 5.74) is 6.41. The first-order chi connectivity index (χ1) is 22.8. The molecular formula is C44H26S2. The largest absolute Gasteiger partial charge is 0.135 e. The molecule has 2 aromatic heterocycles. The molecule has 10 aromatic rings. The Labute approximate surface area is 274 Å². The Morgan fingerprint density at radius 1 is 0.283 bits per heavy atom. The van der Waals surface area contributed by atoms with Gasteiger partial charge in [0.1, 0.15) is 0 Å². The van der Waals surface area contributed by atoms with Crippen molar-refractivity contribution in [1.29, 1.82) is 0 Å². The lowest BCUT2D eigenvalue weighted by Crippen LogP contribution is -1.91. The number of hydrogen-bond donors (Lipinski definition) is 0. The fourth-order valence-electron chi connectivity index (χ4n) is 7.31. The second-order valence-electron chi connectivity index (χ2n) is 12.1. The molecule has 46 heavy (non-hydrogen) atoms. The van der Waals surface area contributed by atoms with Gasteiger partial charge in [0.25, 0.3) is 0 Å². The van der Waals surface area contributed by atoms with Gasteiger partial charge in [-0.25, -0.2) is 0 Å².